The molecule has 0 spiro atoms. The number of hydrogen-bond donors (Lipinski definition) is 0. The zero-order valence-electron chi connectivity index (χ0n) is 12.6. The lowest BCUT2D eigenvalue weighted by Crippen LogP contribution is -2.17. The van der Waals surface area contributed by atoms with Crippen LogP contribution < -0.4 is 4.74 Å². The Bertz CT molecular complexity index is 738. The minimum atomic E-state index is -0.922. The third kappa shape index (κ3) is 4.81. The smallest absolute Gasteiger partial charge is 0.433 e. The lowest BCUT2D eigenvalue weighted by molar-refractivity contribution is -0.384. The van der Waals surface area contributed by atoms with E-state index >= 15 is 0 Å². The van der Waals surface area contributed by atoms with E-state index in [1.165, 1.54) is 24.3 Å². The quantitative estimate of drug-likeness (QED) is 0.265. The van der Waals surface area contributed by atoms with Crippen molar-refractivity contribution in [3.8, 4) is 5.75 Å². The molecule has 2 aromatic carbocycles. The maximum Gasteiger partial charge on any atom is 0.513 e. The summed E-state index contributed by atoms with van der Waals surface area (Å²) >= 11 is 0. The highest BCUT2D eigenvalue weighted by molar-refractivity contribution is 5.64. The van der Waals surface area contributed by atoms with Crippen molar-refractivity contribution in [2.24, 2.45) is 0 Å². The Morgan fingerprint density at radius 1 is 1.17 bits per heavy atom. The van der Waals surface area contributed by atoms with Gasteiger partial charge in [-0.3, -0.25) is 10.1 Å². The number of rotatable bonds is 6. The van der Waals surface area contributed by atoms with Gasteiger partial charge in [0.1, 0.15) is 12.4 Å². The molecular formula is C17H14N2O5. The average Bonchev–Trinajstić information content (AvgIpc) is 2.60. The van der Waals surface area contributed by atoms with Crippen LogP contribution >= 0.6 is 0 Å². The lowest BCUT2D eigenvalue weighted by atomic mass is 10.0. The summed E-state index contributed by atoms with van der Waals surface area (Å²) in [6.45, 7) is 7.20. The number of non-ortho nitro benzene ring substituents is 1. The molecule has 0 aliphatic carbocycles. The minimum Gasteiger partial charge on any atom is -0.433 e. The number of nitro groups is 1. The van der Waals surface area contributed by atoms with Gasteiger partial charge in [0.05, 0.1) is 10.8 Å². The first-order valence-corrected chi connectivity index (χ1v) is 7.07. The van der Waals surface area contributed by atoms with E-state index in [1.54, 1.807) is 0 Å². The van der Waals surface area contributed by atoms with E-state index in [0.29, 0.717) is 0 Å². The number of benzene rings is 2. The highest BCUT2D eigenvalue weighted by atomic mass is 16.7. The van der Waals surface area contributed by atoms with Crippen molar-refractivity contribution in [2.75, 3.05) is 13.2 Å². The molecule has 2 aromatic rings. The Morgan fingerprint density at radius 3 is 2.42 bits per heavy atom. The molecule has 7 nitrogen and oxygen atoms in total. The summed E-state index contributed by atoms with van der Waals surface area (Å²) in [6, 6.07) is 14.4. The molecule has 122 valence electrons. The van der Waals surface area contributed by atoms with E-state index in [9.17, 15) is 14.9 Å². The van der Waals surface area contributed by atoms with E-state index < -0.39 is 11.1 Å². The van der Waals surface area contributed by atoms with Crippen LogP contribution in [0.15, 0.2) is 54.6 Å². The lowest BCUT2D eigenvalue weighted by Gasteiger charge is -2.12. The Hall–Kier alpha value is -3.40. The molecule has 0 saturated heterocycles. The first-order chi connectivity index (χ1) is 11.6. The summed E-state index contributed by atoms with van der Waals surface area (Å²) in [5, 5.41) is 10.6. The van der Waals surface area contributed by atoms with Crippen LogP contribution in [0, 0.1) is 16.7 Å². The van der Waals surface area contributed by atoms with Crippen molar-refractivity contribution in [3.05, 3.63) is 81.7 Å². The Kier molecular flexibility index (Phi) is 5.86. The van der Waals surface area contributed by atoms with E-state index in [2.05, 4.69) is 4.85 Å². The SMILES string of the molecule is [C-]#[N+]CC(COC(=O)Oc1ccc([N+](=O)[O-])cc1)c1ccccc1. The van der Waals surface area contributed by atoms with Gasteiger partial charge >= 0.3 is 6.16 Å². The number of hydrogen-bond acceptors (Lipinski definition) is 5. The normalized spacial score (nSPS) is 11.1. The Balaban J connectivity index is 1.91. The predicted octanol–water partition coefficient (Wildman–Crippen LogP) is 3.81. The average molecular weight is 326 g/mol. The number of nitro benzene ring substituents is 1. The third-order valence-electron chi connectivity index (χ3n) is 3.23. The van der Waals surface area contributed by atoms with Crippen molar-refractivity contribution in [3.63, 3.8) is 0 Å². The van der Waals surface area contributed by atoms with Crippen molar-refractivity contribution in [1.82, 2.24) is 0 Å². The molecule has 0 N–H and O–H groups in total. The maximum absolute atomic E-state index is 11.7. The first-order valence-electron chi connectivity index (χ1n) is 7.07. The molecule has 7 heteroatoms. The maximum atomic E-state index is 11.7. The molecule has 1 unspecified atom stereocenters. The van der Waals surface area contributed by atoms with Crippen LogP contribution in [0.5, 0.6) is 5.75 Å². The fourth-order valence-electron chi connectivity index (χ4n) is 2.02. The molecule has 0 fully saturated rings. The Labute approximate surface area is 138 Å². The summed E-state index contributed by atoms with van der Waals surface area (Å²) in [7, 11) is 0. The summed E-state index contributed by atoms with van der Waals surface area (Å²) in [6.07, 6.45) is -0.922. The predicted molar refractivity (Wildman–Crippen MR) is 85.7 cm³/mol. The van der Waals surface area contributed by atoms with Gasteiger partial charge < -0.3 is 14.3 Å². The minimum absolute atomic E-state index is 0.0121. The molecule has 0 aliphatic heterocycles. The van der Waals surface area contributed by atoms with Gasteiger partial charge in [0.15, 0.2) is 0 Å². The van der Waals surface area contributed by atoms with E-state index in [0.717, 1.165) is 5.56 Å². The zero-order chi connectivity index (χ0) is 17.4. The molecule has 0 heterocycles. The second-order valence-electron chi connectivity index (χ2n) is 4.86. The summed E-state index contributed by atoms with van der Waals surface area (Å²) in [5.74, 6) is -0.0971. The highest BCUT2D eigenvalue weighted by Crippen LogP contribution is 2.19. The number of ether oxygens (including phenoxy) is 2. The summed E-state index contributed by atoms with van der Waals surface area (Å²) < 4.78 is 10.0. The van der Waals surface area contributed by atoms with Gasteiger partial charge in [-0.15, -0.1) is 0 Å². The fourth-order valence-corrected chi connectivity index (χ4v) is 2.02. The number of carbonyl (C=O) groups excluding carboxylic acids is 1. The molecule has 1 atom stereocenters. The molecular weight excluding hydrogens is 312 g/mol. The highest BCUT2D eigenvalue weighted by Gasteiger charge is 2.18. The van der Waals surface area contributed by atoms with Crippen LogP contribution in [-0.4, -0.2) is 24.2 Å². The van der Waals surface area contributed by atoms with E-state index in [-0.39, 0.29) is 30.5 Å². The zero-order valence-corrected chi connectivity index (χ0v) is 12.6. The summed E-state index contributed by atoms with van der Waals surface area (Å²) in [5.41, 5.74) is 0.800. The number of carbonyl (C=O) groups is 1. The van der Waals surface area contributed by atoms with Crippen molar-refractivity contribution in [2.45, 2.75) is 5.92 Å². The molecule has 0 amide bonds. The van der Waals surface area contributed by atoms with Gasteiger partial charge in [-0.05, 0) is 17.7 Å². The van der Waals surface area contributed by atoms with Gasteiger partial charge in [0.25, 0.3) is 5.69 Å². The fraction of sp³-hybridized carbons (Fsp3) is 0.176. The summed E-state index contributed by atoms with van der Waals surface area (Å²) in [4.78, 5) is 25.1. The van der Waals surface area contributed by atoms with Gasteiger partial charge in [0, 0.05) is 12.1 Å². The first kappa shape index (κ1) is 17.0. The third-order valence-corrected chi connectivity index (χ3v) is 3.23. The molecule has 2 rings (SSSR count). The van der Waals surface area contributed by atoms with Crippen LogP contribution in [0.4, 0.5) is 10.5 Å². The monoisotopic (exact) mass is 326 g/mol. The van der Waals surface area contributed by atoms with Gasteiger partial charge in [-0.25, -0.2) is 11.4 Å². The van der Waals surface area contributed by atoms with Crippen LogP contribution in [0.3, 0.4) is 0 Å². The van der Waals surface area contributed by atoms with Gasteiger partial charge in [-0.1, -0.05) is 30.3 Å². The molecule has 0 aromatic heterocycles. The largest absolute Gasteiger partial charge is 0.513 e. The molecule has 0 aliphatic rings. The van der Waals surface area contributed by atoms with Crippen LogP contribution in [0.25, 0.3) is 4.85 Å². The Morgan fingerprint density at radius 2 is 1.83 bits per heavy atom. The molecule has 24 heavy (non-hydrogen) atoms. The molecule has 0 saturated carbocycles. The van der Waals surface area contributed by atoms with Crippen LogP contribution in [-0.2, 0) is 4.74 Å². The second-order valence-corrected chi connectivity index (χ2v) is 4.86. The second kappa shape index (κ2) is 8.29. The standard InChI is InChI=1S/C17H14N2O5/c1-18-11-14(13-5-3-2-4-6-13)12-23-17(20)24-16-9-7-15(8-10-16)19(21)22/h2-10,14H,11-12H2. The van der Waals surface area contributed by atoms with Crippen molar-refractivity contribution < 1.29 is 19.2 Å². The molecule has 0 radical (unpaired) electrons. The van der Waals surface area contributed by atoms with E-state index in [4.69, 9.17) is 16.0 Å². The van der Waals surface area contributed by atoms with E-state index in [1.807, 2.05) is 30.3 Å². The van der Waals surface area contributed by atoms with Crippen molar-refractivity contribution >= 4 is 11.8 Å². The van der Waals surface area contributed by atoms with Crippen LogP contribution in [0.1, 0.15) is 11.5 Å². The molecule has 0 bridgehead atoms. The van der Waals surface area contributed by atoms with Crippen LogP contribution in [0.2, 0.25) is 0 Å². The number of nitrogens with zero attached hydrogens (tertiary/aromatic N) is 2. The van der Waals surface area contributed by atoms with Gasteiger partial charge in [-0.2, -0.15) is 0 Å². The van der Waals surface area contributed by atoms with Gasteiger partial charge in [0.2, 0.25) is 6.54 Å². The van der Waals surface area contributed by atoms with Crippen molar-refractivity contribution in [1.29, 1.82) is 0 Å². The topological polar surface area (TPSA) is 83.0 Å².